The first kappa shape index (κ1) is 54.9. The Hall–Kier alpha value is -9.86. The third-order valence-electron chi connectivity index (χ3n) is 9.22. The SMILES string of the molecule is O=C(Nc1nnc(-c2ccccc2)o1)c1ccc(OC(F)(F)F)cc1.O=C(Nc1nnc(-c2ccccc2Cl)o1)c1ccc(OC(F)(F)F)cc1.O=C(Nc1nnc(-c2ccccc2F)o1)c1ccc(OC(F)(F)F)cc1. The van der Waals surface area contributed by atoms with Crippen molar-refractivity contribution in [3.8, 4) is 51.6 Å². The summed E-state index contributed by atoms with van der Waals surface area (Å²) in [6, 6.07) is 33.9. The van der Waals surface area contributed by atoms with Crippen molar-refractivity contribution in [2.45, 2.75) is 19.1 Å². The van der Waals surface area contributed by atoms with Crippen molar-refractivity contribution in [2.24, 2.45) is 0 Å². The molecule has 0 fully saturated rings. The maximum atomic E-state index is 13.7. The van der Waals surface area contributed by atoms with Gasteiger partial charge in [0.1, 0.15) is 23.1 Å². The van der Waals surface area contributed by atoms with Crippen molar-refractivity contribution in [3.63, 3.8) is 0 Å². The van der Waals surface area contributed by atoms with Crippen LogP contribution in [0.2, 0.25) is 5.02 Å². The Morgan fingerprint density at radius 3 is 1.10 bits per heavy atom. The predicted octanol–water partition coefficient (Wildman–Crippen LogP) is 12.5. The largest absolute Gasteiger partial charge is 0.573 e. The molecule has 0 atom stereocenters. The van der Waals surface area contributed by atoms with Crippen LogP contribution in [0.3, 0.4) is 0 Å². The average molecular weight is 1100 g/mol. The number of alkyl halides is 9. The van der Waals surface area contributed by atoms with Gasteiger partial charge >= 0.3 is 37.1 Å². The molecular formula is C48H28ClF10N9O9. The van der Waals surface area contributed by atoms with Gasteiger partial charge in [0.25, 0.3) is 29.5 Å². The standard InChI is InChI=1S/C16H9ClF3N3O3.C16H9F4N3O3.C16H10F3N3O3/c2*17-12-4-2-1-3-11(12)14-22-23-15(25-14)21-13(24)9-5-7-10(8-6-9)26-16(18,19)20;17-16(18,19)25-12-8-6-10(7-9-12)13(23)20-15-22-21-14(24-15)11-4-2-1-3-5-11/h2*1-8H,(H,21,23,24);1-9H,(H,20,22,23). The van der Waals surface area contributed by atoms with Gasteiger partial charge in [0.15, 0.2) is 0 Å². The van der Waals surface area contributed by atoms with E-state index in [0.29, 0.717) is 16.1 Å². The van der Waals surface area contributed by atoms with Crippen molar-refractivity contribution in [2.75, 3.05) is 16.0 Å². The van der Waals surface area contributed by atoms with E-state index in [-0.39, 0.29) is 58.0 Å². The summed E-state index contributed by atoms with van der Waals surface area (Å²) in [5.41, 5.74) is 1.46. The normalized spacial score (nSPS) is 11.2. The molecule has 3 amide bonds. The molecule has 18 nitrogen and oxygen atoms in total. The smallest absolute Gasteiger partial charge is 0.406 e. The maximum absolute atomic E-state index is 13.7. The van der Waals surface area contributed by atoms with Crippen LogP contribution in [0.15, 0.2) is 165 Å². The van der Waals surface area contributed by atoms with E-state index < -0.39 is 59.9 Å². The highest BCUT2D eigenvalue weighted by atomic mass is 35.5. The molecular weight excluding hydrogens is 1070 g/mol. The zero-order chi connectivity index (χ0) is 55.3. The molecule has 396 valence electrons. The second-order valence-electron chi connectivity index (χ2n) is 14.6. The Morgan fingerprint density at radius 2 is 0.727 bits per heavy atom. The number of nitrogens with one attached hydrogen (secondary N) is 3. The predicted molar refractivity (Wildman–Crippen MR) is 247 cm³/mol. The average Bonchev–Trinajstić information content (AvgIpc) is 4.17. The number of aromatic nitrogens is 6. The number of hydrogen-bond acceptors (Lipinski definition) is 15. The third kappa shape index (κ3) is 16.6. The van der Waals surface area contributed by atoms with Crippen LogP contribution in [0, 0.1) is 5.82 Å². The summed E-state index contributed by atoms with van der Waals surface area (Å²) in [5.74, 6) is -3.65. The molecule has 0 aliphatic rings. The van der Waals surface area contributed by atoms with Crippen molar-refractivity contribution in [1.82, 2.24) is 30.6 Å². The summed E-state index contributed by atoms with van der Waals surface area (Å²) in [5, 5.41) is 29.6. The molecule has 0 saturated heterocycles. The number of carbonyl (C=O) groups excluding carboxylic acids is 3. The molecule has 0 bridgehead atoms. The molecule has 9 rings (SSSR count). The molecule has 3 aromatic heterocycles. The number of benzene rings is 6. The van der Waals surface area contributed by atoms with E-state index in [1.165, 1.54) is 42.5 Å². The van der Waals surface area contributed by atoms with Crippen LogP contribution in [0.5, 0.6) is 17.2 Å². The van der Waals surface area contributed by atoms with Gasteiger partial charge in [0.05, 0.1) is 16.1 Å². The highest BCUT2D eigenvalue weighted by Crippen LogP contribution is 2.30. The fraction of sp³-hybridized carbons (Fsp3) is 0.0625. The van der Waals surface area contributed by atoms with Gasteiger partial charge in [-0.2, -0.15) is 0 Å². The first-order chi connectivity index (χ1) is 36.5. The van der Waals surface area contributed by atoms with Crippen LogP contribution in [-0.4, -0.2) is 67.4 Å². The second-order valence-corrected chi connectivity index (χ2v) is 15.0. The quantitative estimate of drug-likeness (QED) is 0.0966. The highest BCUT2D eigenvalue weighted by molar-refractivity contribution is 6.33. The Balaban J connectivity index is 0.000000168. The van der Waals surface area contributed by atoms with Crippen molar-refractivity contribution in [3.05, 3.63) is 179 Å². The topological polar surface area (TPSA) is 232 Å². The maximum Gasteiger partial charge on any atom is 0.573 e. The van der Waals surface area contributed by atoms with Gasteiger partial charge in [-0.3, -0.25) is 30.3 Å². The summed E-state index contributed by atoms with van der Waals surface area (Å²) in [7, 11) is 0. The summed E-state index contributed by atoms with van der Waals surface area (Å²) < 4.78 is 150. The number of amides is 3. The summed E-state index contributed by atoms with van der Waals surface area (Å²) in [4.78, 5) is 36.2. The van der Waals surface area contributed by atoms with Crippen molar-refractivity contribution >= 4 is 47.4 Å². The van der Waals surface area contributed by atoms with Crippen LogP contribution >= 0.6 is 11.6 Å². The molecule has 0 spiro atoms. The molecule has 0 saturated carbocycles. The fourth-order valence-electron chi connectivity index (χ4n) is 5.94. The zero-order valence-electron chi connectivity index (χ0n) is 37.9. The molecule has 29 heteroatoms. The van der Waals surface area contributed by atoms with E-state index >= 15 is 0 Å². The number of nitrogens with zero attached hydrogens (tertiary/aromatic N) is 6. The van der Waals surface area contributed by atoms with E-state index in [4.69, 9.17) is 24.9 Å². The minimum Gasteiger partial charge on any atom is -0.406 e. The molecule has 9 aromatic rings. The first-order valence-electron chi connectivity index (χ1n) is 21.1. The van der Waals surface area contributed by atoms with Crippen LogP contribution in [0.25, 0.3) is 34.4 Å². The number of ether oxygens (including phenoxy) is 3. The van der Waals surface area contributed by atoms with Crippen LogP contribution in [0.4, 0.5) is 61.9 Å². The Bertz CT molecular complexity index is 3280. The number of anilines is 3. The molecule has 0 aliphatic carbocycles. The van der Waals surface area contributed by atoms with Crippen LogP contribution < -0.4 is 30.2 Å². The van der Waals surface area contributed by atoms with Crippen LogP contribution in [-0.2, 0) is 0 Å². The number of hydrogen-bond donors (Lipinski definition) is 3. The first-order valence-corrected chi connectivity index (χ1v) is 21.5. The van der Waals surface area contributed by atoms with E-state index in [2.05, 4.69) is 60.8 Å². The lowest BCUT2D eigenvalue weighted by Crippen LogP contribution is -2.17. The lowest BCUT2D eigenvalue weighted by atomic mass is 10.2. The van der Waals surface area contributed by atoms with Gasteiger partial charge in [0.2, 0.25) is 5.89 Å². The van der Waals surface area contributed by atoms with Gasteiger partial charge in [-0.1, -0.05) is 69.4 Å². The Labute approximate surface area is 428 Å². The lowest BCUT2D eigenvalue weighted by molar-refractivity contribution is -0.275. The monoisotopic (exact) mass is 1100 g/mol. The Kier molecular flexibility index (Phi) is 17.1. The van der Waals surface area contributed by atoms with Gasteiger partial charge in [-0.15, -0.1) is 54.8 Å². The van der Waals surface area contributed by atoms with Gasteiger partial charge in [0, 0.05) is 22.3 Å². The van der Waals surface area contributed by atoms with E-state index in [1.807, 2.05) is 6.07 Å². The van der Waals surface area contributed by atoms with E-state index in [1.54, 1.807) is 54.6 Å². The molecule has 6 aromatic carbocycles. The van der Waals surface area contributed by atoms with Crippen LogP contribution in [0.1, 0.15) is 31.1 Å². The molecule has 77 heavy (non-hydrogen) atoms. The molecule has 0 radical (unpaired) electrons. The summed E-state index contributed by atoms with van der Waals surface area (Å²) in [6.07, 6.45) is -14.4. The summed E-state index contributed by atoms with van der Waals surface area (Å²) in [6.45, 7) is 0. The third-order valence-corrected chi connectivity index (χ3v) is 9.55. The number of halogens is 11. The van der Waals surface area contributed by atoms with Gasteiger partial charge < -0.3 is 27.5 Å². The van der Waals surface area contributed by atoms with E-state index in [9.17, 15) is 58.3 Å². The summed E-state index contributed by atoms with van der Waals surface area (Å²) >= 11 is 6.02. The molecule has 0 unspecified atom stereocenters. The number of carbonyl (C=O) groups is 3. The fourth-order valence-corrected chi connectivity index (χ4v) is 6.15. The molecule has 3 heterocycles. The Morgan fingerprint density at radius 1 is 0.403 bits per heavy atom. The zero-order valence-corrected chi connectivity index (χ0v) is 38.7. The molecule has 0 aliphatic heterocycles. The van der Waals surface area contributed by atoms with E-state index in [0.717, 1.165) is 48.5 Å². The van der Waals surface area contributed by atoms with Crippen molar-refractivity contribution < 1.29 is 85.7 Å². The highest BCUT2D eigenvalue weighted by Gasteiger charge is 2.33. The lowest BCUT2D eigenvalue weighted by Gasteiger charge is -2.08. The van der Waals surface area contributed by atoms with Gasteiger partial charge in [-0.25, -0.2) is 4.39 Å². The minimum atomic E-state index is -4.82. The van der Waals surface area contributed by atoms with Crippen molar-refractivity contribution in [1.29, 1.82) is 0 Å². The number of rotatable bonds is 12. The molecule has 3 N–H and O–H groups in total. The minimum absolute atomic E-state index is 0.0326. The van der Waals surface area contributed by atoms with Gasteiger partial charge in [-0.05, 0) is 109 Å². The second kappa shape index (κ2) is 24.0.